The van der Waals surface area contributed by atoms with Gasteiger partial charge in [-0.05, 0) is 38.4 Å². The minimum atomic E-state index is 0. The van der Waals surface area contributed by atoms with E-state index in [0.717, 1.165) is 18.9 Å². The fraction of sp³-hybridized carbons (Fsp3) is 0.600. The van der Waals surface area contributed by atoms with Crippen LogP contribution in [0.5, 0.6) is 11.5 Å². The number of para-hydroxylation sites is 1. The molecule has 1 aromatic carbocycles. The number of hydrogen-bond acceptors (Lipinski definition) is 3. The van der Waals surface area contributed by atoms with Crippen LogP contribution in [-0.2, 0) is 0 Å². The first kappa shape index (κ1) is 14.5. The van der Waals surface area contributed by atoms with Crippen LogP contribution in [0, 0.1) is 0 Å². The third kappa shape index (κ3) is 2.54. The number of fused-ring (bicyclic) bond motifs is 3. The van der Waals surface area contributed by atoms with Crippen LogP contribution in [0.25, 0.3) is 0 Å². The van der Waals surface area contributed by atoms with Crippen LogP contribution >= 0.6 is 12.4 Å². The van der Waals surface area contributed by atoms with Crippen molar-refractivity contribution in [2.45, 2.75) is 38.1 Å². The lowest BCUT2D eigenvalue weighted by molar-refractivity contribution is 0.0643. The average Bonchev–Trinajstić information content (AvgIpc) is 2.40. The van der Waals surface area contributed by atoms with Gasteiger partial charge >= 0.3 is 0 Å². The normalized spacial score (nSPS) is 25.7. The first-order valence-corrected chi connectivity index (χ1v) is 7.00. The number of benzene rings is 1. The quantitative estimate of drug-likeness (QED) is 0.905. The van der Waals surface area contributed by atoms with Gasteiger partial charge in [-0.3, -0.25) is 4.90 Å². The van der Waals surface area contributed by atoms with Crippen molar-refractivity contribution in [1.82, 2.24) is 4.90 Å². The van der Waals surface area contributed by atoms with Crippen LogP contribution in [0.4, 0.5) is 0 Å². The topological polar surface area (TPSA) is 32.7 Å². The number of hydrogen-bond donors (Lipinski definition) is 1. The Hall–Kier alpha value is -0.930. The van der Waals surface area contributed by atoms with E-state index in [1.807, 2.05) is 6.07 Å². The summed E-state index contributed by atoms with van der Waals surface area (Å²) in [5.74, 6) is 1.54. The molecule has 0 spiro atoms. The van der Waals surface area contributed by atoms with Gasteiger partial charge in [-0.25, -0.2) is 0 Å². The molecule has 1 N–H and O–H groups in total. The SMILES string of the molecule is CCCN1CCC[C@@H]2c3cccc(O)c3OC[C@H]21.Cl. The fourth-order valence-electron chi connectivity index (χ4n) is 3.44. The van der Waals surface area contributed by atoms with Crippen molar-refractivity contribution < 1.29 is 9.84 Å². The maximum Gasteiger partial charge on any atom is 0.164 e. The molecule has 2 aliphatic rings. The number of rotatable bonds is 2. The van der Waals surface area contributed by atoms with E-state index in [0.29, 0.717) is 17.7 Å². The highest BCUT2D eigenvalue weighted by atomic mass is 35.5. The van der Waals surface area contributed by atoms with Gasteiger partial charge in [-0.1, -0.05) is 19.1 Å². The Bertz CT molecular complexity index is 436. The van der Waals surface area contributed by atoms with E-state index in [-0.39, 0.29) is 12.4 Å². The van der Waals surface area contributed by atoms with Gasteiger partial charge in [0, 0.05) is 11.5 Å². The highest BCUT2D eigenvalue weighted by Gasteiger charge is 2.37. The van der Waals surface area contributed by atoms with E-state index in [9.17, 15) is 5.11 Å². The molecular formula is C15H22ClNO2. The molecule has 0 radical (unpaired) electrons. The minimum Gasteiger partial charge on any atom is -0.504 e. The largest absolute Gasteiger partial charge is 0.504 e. The van der Waals surface area contributed by atoms with Gasteiger partial charge in [0.25, 0.3) is 0 Å². The standard InChI is InChI=1S/C15H21NO2.ClH/c1-2-8-16-9-4-6-11-12-5-3-7-14(17)15(12)18-10-13(11)16;/h3,5,7,11,13,17H,2,4,6,8-10H2,1H3;1H/t11-,13-;/m1./s1. The van der Waals surface area contributed by atoms with Gasteiger partial charge in [0.1, 0.15) is 6.61 Å². The van der Waals surface area contributed by atoms with E-state index >= 15 is 0 Å². The molecule has 1 saturated heterocycles. The van der Waals surface area contributed by atoms with Crippen LogP contribution in [0.1, 0.15) is 37.7 Å². The second-order valence-corrected chi connectivity index (χ2v) is 5.36. The van der Waals surface area contributed by atoms with Crippen molar-refractivity contribution in [2.75, 3.05) is 19.7 Å². The molecule has 4 heteroatoms. The maximum atomic E-state index is 9.88. The summed E-state index contributed by atoms with van der Waals surface area (Å²) in [4.78, 5) is 2.56. The molecule has 0 saturated carbocycles. The first-order chi connectivity index (χ1) is 8.81. The van der Waals surface area contributed by atoms with Gasteiger partial charge in [0.05, 0.1) is 6.04 Å². The lowest BCUT2D eigenvalue weighted by Gasteiger charge is -2.44. The molecular weight excluding hydrogens is 262 g/mol. The summed E-state index contributed by atoms with van der Waals surface area (Å²) in [6, 6.07) is 6.25. The summed E-state index contributed by atoms with van der Waals surface area (Å²) in [6.07, 6.45) is 3.65. The highest BCUT2D eigenvalue weighted by molar-refractivity contribution is 5.85. The lowest BCUT2D eigenvalue weighted by atomic mass is 9.81. The number of halogens is 1. The molecule has 2 aliphatic heterocycles. The third-order valence-electron chi connectivity index (χ3n) is 4.23. The zero-order valence-corrected chi connectivity index (χ0v) is 12.2. The lowest BCUT2D eigenvalue weighted by Crippen LogP contribution is -2.49. The van der Waals surface area contributed by atoms with Crippen molar-refractivity contribution in [3.63, 3.8) is 0 Å². The molecule has 19 heavy (non-hydrogen) atoms. The molecule has 3 nitrogen and oxygen atoms in total. The number of phenolic OH excluding ortho intramolecular Hbond substituents is 1. The van der Waals surface area contributed by atoms with Crippen molar-refractivity contribution in [3.05, 3.63) is 23.8 Å². The maximum absolute atomic E-state index is 9.88. The Balaban J connectivity index is 0.00000133. The molecule has 2 heterocycles. The van der Waals surface area contributed by atoms with Crippen LogP contribution in [-0.4, -0.2) is 35.7 Å². The van der Waals surface area contributed by atoms with Crippen molar-refractivity contribution in [2.24, 2.45) is 0 Å². The summed E-state index contributed by atoms with van der Waals surface area (Å²) in [5, 5.41) is 9.88. The van der Waals surface area contributed by atoms with E-state index in [1.54, 1.807) is 6.07 Å². The average molecular weight is 284 g/mol. The minimum absolute atomic E-state index is 0. The van der Waals surface area contributed by atoms with Gasteiger partial charge in [-0.15, -0.1) is 12.4 Å². The number of likely N-dealkylation sites (tertiary alicyclic amines) is 1. The van der Waals surface area contributed by atoms with E-state index in [4.69, 9.17) is 4.74 Å². The zero-order chi connectivity index (χ0) is 12.5. The number of nitrogens with zero attached hydrogens (tertiary/aromatic N) is 1. The Morgan fingerprint density at radius 2 is 2.26 bits per heavy atom. The van der Waals surface area contributed by atoms with E-state index < -0.39 is 0 Å². The predicted octanol–water partition coefficient (Wildman–Crippen LogP) is 3.16. The Morgan fingerprint density at radius 3 is 3.05 bits per heavy atom. The molecule has 1 aromatic rings. The smallest absolute Gasteiger partial charge is 0.164 e. The molecule has 0 bridgehead atoms. The first-order valence-electron chi connectivity index (χ1n) is 7.00. The number of phenols is 1. The van der Waals surface area contributed by atoms with E-state index in [1.165, 1.54) is 31.4 Å². The van der Waals surface area contributed by atoms with Gasteiger partial charge in [0.15, 0.2) is 11.5 Å². The summed E-state index contributed by atoms with van der Waals surface area (Å²) in [7, 11) is 0. The predicted molar refractivity (Wildman–Crippen MR) is 78.5 cm³/mol. The highest BCUT2D eigenvalue weighted by Crippen LogP contribution is 2.44. The van der Waals surface area contributed by atoms with E-state index in [2.05, 4.69) is 17.9 Å². The van der Waals surface area contributed by atoms with Crippen LogP contribution in [0.2, 0.25) is 0 Å². The summed E-state index contributed by atoms with van der Waals surface area (Å²) >= 11 is 0. The van der Waals surface area contributed by atoms with Crippen LogP contribution in [0.3, 0.4) is 0 Å². The molecule has 2 atom stereocenters. The summed E-state index contributed by atoms with van der Waals surface area (Å²) < 4.78 is 5.81. The molecule has 0 unspecified atom stereocenters. The molecule has 1 fully saturated rings. The monoisotopic (exact) mass is 283 g/mol. The number of piperidine rings is 1. The number of ether oxygens (including phenoxy) is 1. The molecule has 0 aromatic heterocycles. The van der Waals surface area contributed by atoms with Crippen molar-refractivity contribution >= 4 is 12.4 Å². The number of aromatic hydroxyl groups is 1. The Labute approximate surface area is 121 Å². The fourth-order valence-corrected chi connectivity index (χ4v) is 3.44. The molecule has 0 amide bonds. The molecule has 0 aliphatic carbocycles. The third-order valence-corrected chi connectivity index (χ3v) is 4.23. The van der Waals surface area contributed by atoms with Crippen molar-refractivity contribution in [1.29, 1.82) is 0 Å². The Morgan fingerprint density at radius 1 is 1.42 bits per heavy atom. The summed E-state index contributed by atoms with van der Waals surface area (Å²) in [6.45, 7) is 5.29. The second kappa shape index (κ2) is 6.02. The Kier molecular flexibility index (Phi) is 4.58. The molecule has 106 valence electrons. The second-order valence-electron chi connectivity index (χ2n) is 5.36. The van der Waals surface area contributed by atoms with Crippen LogP contribution < -0.4 is 4.74 Å². The van der Waals surface area contributed by atoms with Crippen molar-refractivity contribution in [3.8, 4) is 11.5 Å². The zero-order valence-electron chi connectivity index (χ0n) is 11.3. The van der Waals surface area contributed by atoms with Gasteiger partial charge in [-0.2, -0.15) is 0 Å². The summed E-state index contributed by atoms with van der Waals surface area (Å²) in [5.41, 5.74) is 1.20. The van der Waals surface area contributed by atoms with Crippen LogP contribution in [0.15, 0.2) is 18.2 Å². The van der Waals surface area contributed by atoms with Gasteiger partial charge < -0.3 is 9.84 Å². The van der Waals surface area contributed by atoms with Gasteiger partial charge in [0.2, 0.25) is 0 Å². The molecule has 3 rings (SSSR count).